The molecule has 0 aliphatic rings. The Balaban J connectivity index is 1.80. The Morgan fingerprint density at radius 1 is 0.791 bits per heavy atom. The molecular weight excluding hydrogens is 558 g/mol. The van der Waals surface area contributed by atoms with Crippen molar-refractivity contribution in [3.63, 3.8) is 0 Å². The number of anilines is 1. The van der Waals surface area contributed by atoms with Crippen LogP contribution in [0.4, 0.5) is 5.69 Å². The van der Waals surface area contributed by atoms with Crippen LogP contribution in [0.15, 0.2) is 114 Å². The van der Waals surface area contributed by atoms with E-state index in [0.717, 1.165) is 28.7 Å². The van der Waals surface area contributed by atoms with E-state index in [4.69, 9.17) is 0 Å². The highest BCUT2D eigenvalue weighted by molar-refractivity contribution is 7.92. The van der Waals surface area contributed by atoms with Gasteiger partial charge in [0.1, 0.15) is 12.6 Å². The van der Waals surface area contributed by atoms with Gasteiger partial charge in [-0.15, -0.1) is 0 Å². The number of nitrogens with one attached hydrogen (secondary N) is 1. The molecule has 7 nitrogen and oxygen atoms in total. The van der Waals surface area contributed by atoms with E-state index in [1.165, 1.54) is 21.3 Å². The van der Waals surface area contributed by atoms with Crippen LogP contribution in [0, 0.1) is 13.8 Å². The van der Waals surface area contributed by atoms with Crippen LogP contribution in [0.25, 0.3) is 0 Å². The molecule has 0 radical (unpaired) electrons. The van der Waals surface area contributed by atoms with Crippen molar-refractivity contribution >= 4 is 27.5 Å². The Hall–Kier alpha value is -4.43. The van der Waals surface area contributed by atoms with Gasteiger partial charge in [-0.25, -0.2) is 8.42 Å². The van der Waals surface area contributed by atoms with Crippen molar-refractivity contribution in [3.05, 3.63) is 131 Å². The Bertz CT molecular complexity index is 1610. The van der Waals surface area contributed by atoms with Crippen LogP contribution in [0.1, 0.15) is 35.6 Å². The number of carbonyl (C=O) groups is 2. The molecule has 224 valence electrons. The van der Waals surface area contributed by atoms with Gasteiger partial charge in [0.25, 0.3) is 10.0 Å². The first-order valence-electron chi connectivity index (χ1n) is 14.5. The summed E-state index contributed by atoms with van der Waals surface area (Å²) in [6.07, 6.45) is 1.02. The van der Waals surface area contributed by atoms with E-state index in [2.05, 4.69) is 5.32 Å². The molecule has 0 spiro atoms. The third-order valence-electron chi connectivity index (χ3n) is 7.25. The van der Waals surface area contributed by atoms with Crippen molar-refractivity contribution in [1.82, 2.24) is 10.2 Å². The van der Waals surface area contributed by atoms with E-state index in [1.807, 2.05) is 93.6 Å². The smallest absolute Gasteiger partial charge is 0.264 e. The molecule has 4 aromatic rings. The Labute approximate surface area is 255 Å². The van der Waals surface area contributed by atoms with Gasteiger partial charge in [-0.1, -0.05) is 103 Å². The maximum Gasteiger partial charge on any atom is 0.264 e. The molecule has 0 saturated heterocycles. The fraction of sp³-hybridized carbons (Fsp3) is 0.257. The minimum absolute atomic E-state index is 0.0823. The Morgan fingerprint density at radius 3 is 1.95 bits per heavy atom. The van der Waals surface area contributed by atoms with Crippen molar-refractivity contribution in [3.8, 4) is 0 Å². The summed E-state index contributed by atoms with van der Waals surface area (Å²) in [5.41, 5.74) is 3.85. The average Bonchev–Trinajstić information content (AvgIpc) is 3.02. The van der Waals surface area contributed by atoms with E-state index in [9.17, 15) is 18.0 Å². The Morgan fingerprint density at radius 2 is 1.37 bits per heavy atom. The molecular formula is C35H39N3O4S. The van der Waals surface area contributed by atoms with Crippen LogP contribution in [0.2, 0.25) is 0 Å². The number of hydrogen-bond donors (Lipinski definition) is 1. The van der Waals surface area contributed by atoms with Crippen LogP contribution >= 0.6 is 0 Å². The van der Waals surface area contributed by atoms with E-state index < -0.39 is 28.5 Å². The highest BCUT2D eigenvalue weighted by Crippen LogP contribution is 2.28. The van der Waals surface area contributed by atoms with E-state index in [0.29, 0.717) is 12.2 Å². The van der Waals surface area contributed by atoms with E-state index in [-0.39, 0.29) is 23.8 Å². The molecule has 8 heteroatoms. The van der Waals surface area contributed by atoms with Crippen LogP contribution in [-0.4, -0.2) is 44.3 Å². The molecule has 0 aromatic heterocycles. The highest BCUT2D eigenvalue weighted by Gasteiger charge is 2.35. The van der Waals surface area contributed by atoms with Gasteiger partial charge >= 0.3 is 0 Å². The summed E-state index contributed by atoms with van der Waals surface area (Å²) in [4.78, 5) is 29.7. The SMILES string of the molecule is CCCNC(=O)[C@@H](Cc1ccccc1)N(Cc1ccccc1)C(=O)CN(c1ccc(C)cc1C)S(=O)(=O)c1ccccc1. The van der Waals surface area contributed by atoms with Crippen LogP contribution in [0.5, 0.6) is 0 Å². The molecule has 0 aliphatic carbocycles. The third kappa shape index (κ3) is 8.11. The van der Waals surface area contributed by atoms with Gasteiger partial charge in [0.2, 0.25) is 11.8 Å². The van der Waals surface area contributed by atoms with E-state index >= 15 is 0 Å². The summed E-state index contributed by atoms with van der Waals surface area (Å²) in [7, 11) is -4.12. The van der Waals surface area contributed by atoms with Gasteiger partial charge in [-0.3, -0.25) is 13.9 Å². The average molecular weight is 598 g/mol. The first-order valence-corrected chi connectivity index (χ1v) is 15.9. The van der Waals surface area contributed by atoms with Gasteiger partial charge in [-0.05, 0) is 55.2 Å². The molecule has 0 heterocycles. The van der Waals surface area contributed by atoms with Crippen LogP contribution in [0.3, 0.4) is 0 Å². The molecule has 4 aromatic carbocycles. The predicted molar refractivity (Wildman–Crippen MR) is 171 cm³/mol. The quantitative estimate of drug-likeness (QED) is 0.215. The fourth-order valence-electron chi connectivity index (χ4n) is 5.02. The molecule has 0 unspecified atom stereocenters. The molecule has 0 bridgehead atoms. The van der Waals surface area contributed by atoms with Crippen molar-refractivity contribution in [1.29, 1.82) is 0 Å². The molecule has 1 atom stereocenters. The van der Waals surface area contributed by atoms with Crippen molar-refractivity contribution in [2.45, 2.75) is 51.1 Å². The zero-order valence-corrected chi connectivity index (χ0v) is 25.8. The molecule has 0 fully saturated rings. The summed E-state index contributed by atoms with van der Waals surface area (Å²) in [6.45, 7) is 5.87. The molecule has 0 aliphatic heterocycles. The Kier molecular flexibility index (Phi) is 10.7. The number of aryl methyl sites for hydroxylation is 2. The molecule has 43 heavy (non-hydrogen) atoms. The standard InChI is InChI=1S/C35H39N3O4S/c1-4-22-36-35(40)33(24-29-14-8-5-9-15-29)37(25-30-16-10-6-11-17-30)34(39)26-38(32-21-20-27(2)23-28(32)3)43(41,42)31-18-12-7-13-19-31/h5-21,23,33H,4,22,24-26H2,1-3H3,(H,36,40)/t33-/m1/s1. The number of hydrogen-bond acceptors (Lipinski definition) is 4. The number of rotatable bonds is 13. The van der Waals surface area contributed by atoms with Crippen molar-refractivity contribution in [2.75, 3.05) is 17.4 Å². The monoisotopic (exact) mass is 597 g/mol. The lowest BCUT2D eigenvalue weighted by atomic mass is 10.0. The van der Waals surface area contributed by atoms with E-state index in [1.54, 1.807) is 24.3 Å². The zero-order valence-electron chi connectivity index (χ0n) is 24.9. The number of nitrogens with zero attached hydrogens (tertiary/aromatic N) is 2. The van der Waals surface area contributed by atoms with Crippen LogP contribution < -0.4 is 9.62 Å². The topological polar surface area (TPSA) is 86.8 Å². The molecule has 2 amide bonds. The van der Waals surface area contributed by atoms with Gasteiger partial charge in [-0.2, -0.15) is 0 Å². The molecule has 1 N–H and O–H groups in total. The van der Waals surface area contributed by atoms with Crippen molar-refractivity contribution < 1.29 is 18.0 Å². The van der Waals surface area contributed by atoms with Gasteiger partial charge in [0.05, 0.1) is 10.6 Å². The predicted octanol–water partition coefficient (Wildman–Crippen LogP) is 5.67. The van der Waals surface area contributed by atoms with Gasteiger partial charge in [0.15, 0.2) is 0 Å². The normalized spacial score (nSPS) is 11.9. The minimum atomic E-state index is -4.12. The maximum absolute atomic E-state index is 14.4. The fourth-order valence-corrected chi connectivity index (χ4v) is 6.52. The number of carbonyl (C=O) groups excluding carboxylic acids is 2. The lowest BCUT2D eigenvalue weighted by Crippen LogP contribution is -2.53. The lowest BCUT2D eigenvalue weighted by molar-refractivity contribution is -0.140. The second-order valence-corrected chi connectivity index (χ2v) is 12.5. The summed E-state index contributed by atoms with van der Waals surface area (Å²) < 4.78 is 29.4. The largest absolute Gasteiger partial charge is 0.354 e. The number of sulfonamides is 1. The van der Waals surface area contributed by atoms with Gasteiger partial charge < -0.3 is 10.2 Å². The summed E-state index contributed by atoms with van der Waals surface area (Å²) >= 11 is 0. The third-order valence-corrected chi connectivity index (χ3v) is 9.02. The maximum atomic E-state index is 14.4. The lowest BCUT2D eigenvalue weighted by Gasteiger charge is -2.34. The first-order chi connectivity index (χ1) is 20.7. The summed E-state index contributed by atoms with van der Waals surface area (Å²) in [6, 6.07) is 31.7. The highest BCUT2D eigenvalue weighted by atomic mass is 32.2. The minimum Gasteiger partial charge on any atom is -0.354 e. The second kappa shape index (κ2) is 14.6. The summed E-state index contributed by atoms with van der Waals surface area (Å²) in [5, 5.41) is 2.97. The van der Waals surface area contributed by atoms with Crippen molar-refractivity contribution in [2.24, 2.45) is 0 Å². The van der Waals surface area contributed by atoms with Crippen LogP contribution in [-0.2, 0) is 32.6 Å². The number of benzene rings is 4. The second-order valence-electron chi connectivity index (χ2n) is 10.6. The molecule has 4 rings (SSSR count). The first kappa shape index (κ1) is 31.5. The molecule has 0 saturated carbocycles. The van der Waals surface area contributed by atoms with Gasteiger partial charge in [0, 0.05) is 19.5 Å². The summed E-state index contributed by atoms with van der Waals surface area (Å²) in [5.74, 6) is -0.755. The number of amides is 2. The zero-order chi connectivity index (χ0) is 30.8.